The van der Waals surface area contributed by atoms with Gasteiger partial charge in [-0.05, 0) is 29.6 Å². The molecule has 2 rings (SSSR count). The fourth-order valence-corrected chi connectivity index (χ4v) is 2.96. The molecular formula is C16H18FNO2S. The van der Waals surface area contributed by atoms with E-state index in [-0.39, 0.29) is 16.8 Å². The lowest BCUT2D eigenvalue weighted by Gasteiger charge is -2.24. The normalized spacial score (nSPS) is 11.6. The maximum absolute atomic E-state index is 13.7. The van der Waals surface area contributed by atoms with E-state index in [0.29, 0.717) is 18.7 Å². The van der Waals surface area contributed by atoms with Gasteiger partial charge < -0.3 is 10.4 Å². The third kappa shape index (κ3) is 3.89. The fourth-order valence-electron chi connectivity index (χ4n) is 2.10. The Balaban J connectivity index is 2.00. The van der Waals surface area contributed by atoms with Crippen LogP contribution in [0.3, 0.4) is 0 Å². The second-order valence-corrected chi connectivity index (χ2v) is 6.52. The van der Waals surface area contributed by atoms with Crippen molar-refractivity contribution in [3.63, 3.8) is 0 Å². The van der Waals surface area contributed by atoms with E-state index in [1.807, 2.05) is 11.4 Å². The third-order valence-corrected chi connectivity index (χ3v) is 4.60. The largest absolute Gasteiger partial charge is 0.478 e. The average Bonchev–Trinajstić information content (AvgIpc) is 2.95. The molecule has 112 valence electrons. The average molecular weight is 307 g/mol. The molecule has 3 nitrogen and oxygen atoms in total. The highest BCUT2D eigenvalue weighted by Crippen LogP contribution is 2.26. The summed E-state index contributed by atoms with van der Waals surface area (Å²) in [4.78, 5) is 12.2. The van der Waals surface area contributed by atoms with Crippen molar-refractivity contribution >= 4 is 17.3 Å². The zero-order chi connectivity index (χ0) is 15.5. The van der Waals surface area contributed by atoms with Gasteiger partial charge >= 0.3 is 5.97 Å². The van der Waals surface area contributed by atoms with E-state index in [4.69, 9.17) is 5.11 Å². The van der Waals surface area contributed by atoms with Crippen LogP contribution in [0.1, 0.15) is 34.6 Å². The van der Waals surface area contributed by atoms with E-state index in [1.165, 1.54) is 23.1 Å². The number of benzene rings is 1. The molecule has 21 heavy (non-hydrogen) atoms. The predicted molar refractivity (Wildman–Crippen MR) is 82.4 cm³/mol. The highest BCUT2D eigenvalue weighted by Gasteiger charge is 2.21. The first-order valence-corrected chi connectivity index (χ1v) is 7.54. The standard InChI is InChI=1S/C16H18FNO2S/c1-16(2,14-4-3-7-21-14)10-18-9-12-8-11(15(19)20)5-6-13(12)17/h3-8,18H,9-10H2,1-2H3,(H,19,20). The maximum Gasteiger partial charge on any atom is 0.335 e. The summed E-state index contributed by atoms with van der Waals surface area (Å²) in [6, 6.07) is 7.94. The molecule has 0 aliphatic rings. The molecule has 0 aliphatic heterocycles. The molecule has 0 amide bonds. The Bertz CT molecular complexity index is 623. The molecule has 0 unspecified atom stereocenters. The number of hydrogen-bond donors (Lipinski definition) is 2. The number of halogens is 1. The van der Waals surface area contributed by atoms with Crippen LogP contribution in [0.15, 0.2) is 35.7 Å². The highest BCUT2D eigenvalue weighted by molar-refractivity contribution is 7.10. The predicted octanol–water partition coefficient (Wildman–Crippen LogP) is 3.65. The molecule has 2 N–H and O–H groups in total. The molecule has 5 heteroatoms. The van der Waals surface area contributed by atoms with Crippen molar-refractivity contribution in [3.8, 4) is 0 Å². The van der Waals surface area contributed by atoms with Crippen LogP contribution >= 0.6 is 11.3 Å². The molecule has 1 heterocycles. The van der Waals surface area contributed by atoms with Crippen LogP contribution in [-0.2, 0) is 12.0 Å². The third-order valence-electron chi connectivity index (χ3n) is 3.36. The lowest BCUT2D eigenvalue weighted by Crippen LogP contribution is -2.32. The Morgan fingerprint density at radius 2 is 2.14 bits per heavy atom. The van der Waals surface area contributed by atoms with Gasteiger partial charge in [0.25, 0.3) is 0 Å². The van der Waals surface area contributed by atoms with E-state index in [2.05, 4.69) is 25.2 Å². The summed E-state index contributed by atoms with van der Waals surface area (Å²) in [5.74, 6) is -1.43. The van der Waals surface area contributed by atoms with E-state index < -0.39 is 5.97 Å². The maximum atomic E-state index is 13.7. The van der Waals surface area contributed by atoms with Crippen LogP contribution in [0, 0.1) is 5.82 Å². The van der Waals surface area contributed by atoms with Gasteiger partial charge in [0.1, 0.15) is 5.82 Å². The van der Waals surface area contributed by atoms with E-state index in [0.717, 1.165) is 0 Å². The van der Waals surface area contributed by atoms with Crippen LogP contribution in [0.5, 0.6) is 0 Å². The highest BCUT2D eigenvalue weighted by atomic mass is 32.1. The van der Waals surface area contributed by atoms with Crippen molar-refractivity contribution < 1.29 is 14.3 Å². The summed E-state index contributed by atoms with van der Waals surface area (Å²) in [7, 11) is 0. The summed E-state index contributed by atoms with van der Waals surface area (Å²) in [5.41, 5.74) is 0.428. The summed E-state index contributed by atoms with van der Waals surface area (Å²) in [5, 5.41) is 14.2. The molecule has 1 aromatic carbocycles. The number of carbonyl (C=O) groups is 1. The van der Waals surface area contributed by atoms with Gasteiger partial charge in [-0.2, -0.15) is 0 Å². The molecule has 0 spiro atoms. The van der Waals surface area contributed by atoms with Gasteiger partial charge in [-0.1, -0.05) is 19.9 Å². The fraction of sp³-hybridized carbons (Fsp3) is 0.312. The number of nitrogens with one attached hydrogen (secondary N) is 1. The number of carboxylic acid groups (broad SMARTS) is 1. The summed E-state index contributed by atoms with van der Waals surface area (Å²) >= 11 is 1.69. The number of rotatable bonds is 6. The molecule has 0 saturated carbocycles. The molecule has 2 aromatic rings. The Hall–Kier alpha value is -1.72. The molecule has 1 aromatic heterocycles. The van der Waals surface area contributed by atoms with Gasteiger partial charge in [-0.25, -0.2) is 9.18 Å². The lowest BCUT2D eigenvalue weighted by molar-refractivity contribution is 0.0696. The Morgan fingerprint density at radius 3 is 2.76 bits per heavy atom. The van der Waals surface area contributed by atoms with Crippen LogP contribution < -0.4 is 5.32 Å². The second kappa shape index (κ2) is 6.37. The number of carboxylic acids is 1. The van der Waals surface area contributed by atoms with Crippen molar-refractivity contribution in [1.82, 2.24) is 5.32 Å². The summed E-state index contributed by atoms with van der Waals surface area (Å²) < 4.78 is 13.7. The molecule has 0 fully saturated rings. The van der Waals surface area contributed by atoms with E-state index in [9.17, 15) is 9.18 Å². The van der Waals surface area contributed by atoms with Crippen molar-refractivity contribution in [2.24, 2.45) is 0 Å². The van der Waals surface area contributed by atoms with Crippen LogP contribution in [0.2, 0.25) is 0 Å². The first kappa shape index (κ1) is 15.7. The Kier molecular flexibility index (Phi) is 4.75. The molecule has 0 atom stereocenters. The molecular weight excluding hydrogens is 289 g/mol. The summed E-state index contributed by atoms with van der Waals surface area (Å²) in [6.45, 7) is 5.23. The topological polar surface area (TPSA) is 49.3 Å². The monoisotopic (exact) mass is 307 g/mol. The van der Waals surface area contributed by atoms with Crippen LogP contribution in [0.4, 0.5) is 4.39 Å². The number of aromatic carboxylic acids is 1. The van der Waals surface area contributed by atoms with Gasteiger partial charge in [-0.15, -0.1) is 11.3 Å². The zero-order valence-electron chi connectivity index (χ0n) is 12.0. The van der Waals surface area contributed by atoms with Gasteiger partial charge in [0.2, 0.25) is 0 Å². The first-order valence-electron chi connectivity index (χ1n) is 6.66. The minimum absolute atomic E-state index is 0.0466. The van der Waals surface area contributed by atoms with E-state index >= 15 is 0 Å². The van der Waals surface area contributed by atoms with Crippen molar-refractivity contribution in [2.75, 3.05) is 6.54 Å². The number of hydrogen-bond acceptors (Lipinski definition) is 3. The van der Waals surface area contributed by atoms with Gasteiger partial charge in [0.15, 0.2) is 0 Å². The molecule has 0 radical (unpaired) electrons. The van der Waals surface area contributed by atoms with E-state index in [1.54, 1.807) is 11.3 Å². The smallest absolute Gasteiger partial charge is 0.335 e. The van der Waals surface area contributed by atoms with Crippen molar-refractivity contribution in [3.05, 3.63) is 57.5 Å². The quantitative estimate of drug-likeness (QED) is 0.856. The number of thiophene rings is 1. The second-order valence-electron chi connectivity index (χ2n) is 5.58. The SMILES string of the molecule is CC(C)(CNCc1cc(C(=O)O)ccc1F)c1cccs1. The molecule has 0 bridgehead atoms. The Labute approximate surface area is 127 Å². The zero-order valence-corrected chi connectivity index (χ0v) is 12.8. The van der Waals surface area contributed by atoms with Gasteiger partial charge in [-0.3, -0.25) is 0 Å². The van der Waals surface area contributed by atoms with Gasteiger partial charge in [0, 0.05) is 28.9 Å². The minimum Gasteiger partial charge on any atom is -0.478 e. The van der Waals surface area contributed by atoms with Crippen molar-refractivity contribution in [2.45, 2.75) is 25.8 Å². The summed E-state index contributed by atoms with van der Waals surface area (Å²) in [6.07, 6.45) is 0. The van der Waals surface area contributed by atoms with Crippen molar-refractivity contribution in [1.29, 1.82) is 0 Å². The Morgan fingerprint density at radius 1 is 1.38 bits per heavy atom. The lowest BCUT2D eigenvalue weighted by atomic mass is 9.91. The van der Waals surface area contributed by atoms with Gasteiger partial charge in [0.05, 0.1) is 5.56 Å². The minimum atomic E-state index is -1.05. The first-order chi connectivity index (χ1) is 9.90. The van der Waals surface area contributed by atoms with Crippen LogP contribution in [0.25, 0.3) is 0 Å². The van der Waals surface area contributed by atoms with Crippen LogP contribution in [-0.4, -0.2) is 17.6 Å². The molecule has 0 saturated heterocycles. The molecule has 0 aliphatic carbocycles.